The summed E-state index contributed by atoms with van der Waals surface area (Å²) in [6.07, 6.45) is 2.18. The summed E-state index contributed by atoms with van der Waals surface area (Å²) < 4.78 is 1.78. The van der Waals surface area contributed by atoms with Gasteiger partial charge in [0.05, 0.1) is 16.4 Å². The van der Waals surface area contributed by atoms with Gasteiger partial charge in [-0.15, -0.1) is 0 Å². The van der Waals surface area contributed by atoms with Crippen LogP contribution in [0, 0.1) is 6.92 Å². The molecule has 0 aliphatic carbocycles. The fourth-order valence-corrected chi connectivity index (χ4v) is 3.81. The number of anilines is 2. The Morgan fingerprint density at radius 2 is 1.97 bits per heavy atom. The first-order valence-electron chi connectivity index (χ1n) is 9.50. The Morgan fingerprint density at radius 1 is 1.25 bits per heavy atom. The fourth-order valence-electron chi connectivity index (χ4n) is 2.97. The smallest absolute Gasteiger partial charge is 0.274 e. The first-order valence-corrected chi connectivity index (χ1v) is 11.1. The third-order valence-corrected chi connectivity index (χ3v) is 5.09. The molecule has 32 heavy (non-hydrogen) atoms. The van der Waals surface area contributed by atoms with Crippen molar-refractivity contribution in [1.29, 1.82) is 0 Å². The van der Waals surface area contributed by atoms with E-state index in [9.17, 15) is 9.59 Å². The van der Waals surface area contributed by atoms with Gasteiger partial charge in [0.25, 0.3) is 5.91 Å². The number of hydrazine groups is 1. The number of amides is 2. The minimum Gasteiger partial charge on any atom is -0.319 e. The van der Waals surface area contributed by atoms with Gasteiger partial charge in [-0.3, -0.25) is 9.59 Å². The summed E-state index contributed by atoms with van der Waals surface area (Å²) in [5.74, 6) is -0.166. The molecule has 0 bridgehead atoms. The van der Waals surface area contributed by atoms with Gasteiger partial charge in [0, 0.05) is 22.8 Å². The summed E-state index contributed by atoms with van der Waals surface area (Å²) in [6.45, 7) is 7.51. The zero-order valence-electron chi connectivity index (χ0n) is 17.8. The first-order chi connectivity index (χ1) is 15.0. The number of halogens is 3. The van der Waals surface area contributed by atoms with Crippen LogP contribution in [-0.4, -0.2) is 32.6 Å². The number of aromatic nitrogens is 3. The molecule has 0 unspecified atom stereocenters. The molecular weight excluding hydrogens is 519 g/mol. The molecular formula is C21H21BrCl2N6O2. The molecule has 0 aliphatic rings. The lowest BCUT2D eigenvalue weighted by molar-refractivity contribution is -0.108. The standard InChI is InChI=1S/C21H21BrCl2N6O2/c1-12-8-13(23)9-15(29(11-31)28-21(2,3)4)18(12)26-20(32)16-10-17(22)27-30(16)19-14(24)6-5-7-25-19/h5-11,28H,1-4H3,(H,26,32). The fraction of sp³-hybridized carbons (Fsp3) is 0.238. The molecule has 2 aromatic heterocycles. The largest absolute Gasteiger partial charge is 0.319 e. The van der Waals surface area contributed by atoms with E-state index < -0.39 is 11.4 Å². The van der Waals surface area contributed by atoms with E-state index in [1.165, 1.54) is 9.69 Å². The summed E-state index contributed by atoms with van der Waals surface area (Å²) in [7, 11) is 0. The van der Waals surface area contributed by atoms with Gasteiger partial charge >= 0.3 is 0 Å². The number of benzene rings is 1. The maximum Gasteiger partial charge on any atom is 0.274 e. The second-order valence-electron chi connectivity index (χ2n) is 7.98. The Labute approximate surface area is 204 Å². The lowest BCUT2D eigenvalue weighted by atomic mass is 10.1. The number of carbonyl (C=O) groups excluding carboxylic acids is 2. The number of nitrogens with one attached hydrogen (secondary N) is 2. The minimum atomic E-state index is -0.474. The molecule has 8 nitrogen and oxygen atoms in total. The second kappa shape index (κ2) is 9.58. The predicted molar refractivity (Wildman–Crippen MR) is 130 cm³/mol. The molecule has 0 radical (unpaired) electrons. The van der Waals surface area contributed by atoms with E-state index in [-0.39, 0.29) is 5.69 Å². The molecule has 0 saturated heterocycles. The topological polar surface area (TPSA) is 92.2 Å². The Hall–Kier alpha value is -2.46. The second-order valence-corrected chi connectivity index (χ2v) is 9.64. The van der Waals surface area contributed by atoms with Crippen molar-refractivity contribution < 1.29 is 9.59 Å². The molecule has 2 N–H and O–H groups in total. The van der Waals surface area contributed by atoms with Crippen molar-refractivity contribution in [2.75, 3.05) is 10.3 Å². The van der Waals surface area contributed by atoms with Crippen LogP contribution in [-0.2, 0) is 4.79 Å². The third-order valence-electron chi connectivity index (χ3n) is 4.19. The number of pyridine rings is 1. The van der Waals surface area contributed by atoms with Crippen LogP contribution >= 0.6 is 39.1 Å². The summed E-state index contributed by atoms with van der Waals surface area (Å²) in [5, 5.41) is 9.21. The van der Waals surface area contributed by atoms with Gasteiger partial charge in [-0.1, -0.05) is 23.2 Å². The van der Waals surface area contributed by atoms with Gasteiger partial charge < -0.3 is 5.32 Å². The van der Waals surface area contributed by atoms with Crippen LogP contribution in [0.3, 0.4) is 0 Å². The third kappa shape index (κ3) is 5.47. The van der Waals surface area contributed by atoms with Gasteiger partial charge in [-0.05, 0) is 73.5 Å². The SMILES string of the molecule is Cc1cc(Cl)cc(N(C=O)NC(C)(C)C)c1NC(=O)c1cc(Br)nn1-c1ncccc1Cl. The van der Waals surface area contributed by atoms with E-state index in [1.54, 1.807) is 43.5 Å². The van der Waals surface area contributed by atoms with Crippen LogP contribution < -0.4 is 15.8 Å². The highest BCUT2D eigenvalue weighted by Gasteiger charge is 2.24. The minimum absolute atomic E-state index is 0.194. The maximum absolute atomic E-state index is 13.3. The molecule has 0 spiro atoms. The summed E-state index contributed by atoms with van der Waals surface area (Å²) in [4.78, 5) is 29.4. The van der Waals surface area contributed by atoms with E-state index in [1.807, 2.05) is 20.8 Å². The van der Waals surface area contributed by atoms with Crippen molar-refractivity contribution in [2.24, 2.45) is 0 Å². The Morgan fingerprint density at radius 3 is 2.59 bits per heavy atom. The molecule has 0 aliphatic heterocycles. The zero-order valence-corrected chi connectivity index (χ0v) is 20.9. The van der Waals surface area contributed by atoms with Gasteiger partial charge in [-0.2, -0.15) is 5.10 Å². The molecule has 2 amide bonds. The molecule has 0 fully saturated rings. The Balaban J connectivity index is 2.05. The van der Waals surface area contributed by atoms with E-state index >= 15 is 0 Å². The number of nitrogens with zero attached hydrogens (tertiary/aromatic N) is 4. The molecule has 1 aromatic carbocycles. The Bertz CT molecular complexity index is 1180. The number of rotatable bonds is 6. The van der Waals surface area contributed by atoms with Crippen LogP contribution in [0.5, 0.6) is 0 Å². The van der Waals surface area contributed by atoms with Crippen molar-refractivity contribution in [1.82, 2.24) is 20.2 Å². The zero-order chi connectivity index (χ0) is 23.6. The van der Waals surface area contributed by atoms with Crippen molar-refractivity contribution in [3.05, 3.63) is 62.4 Å². The van der Waals surface area contributed by atoms with Crippen LogP contribution in [0.2, 0.25) is 10.0 Å². The van der Waals surface area contributed by atoms with Crippen LogP contribution in [0.25, 0.3) is 5.82 Å². The summed E-state index contributed by atoms with van der Waals surface area (Å²) in [6, 6.07) is 8.19. The van der Waals surface area contributed by atoms with Crippen molar-refractivity contribution in [2.45, 2.75) is 33.2 Å². The van der Waals surface area contributed by atoms with E-state index in [2.05, 4.69) is 36.8 Å². The lowest BCUT2D eigenvalue weighted by Gasteiger charge is -2.30. The number of hydrogen-bond acceptors (Lipinski definition) is 5. The van der Waals surface area contributed by atoms with Crippen LogP contribution in [0.15, 0.2) is 41.1 Å². The summed E-state index contributed by atoms with van der Waals surface area (Å²) in [5.41, 5.74) is 4.34. The molecule has 11 heteroatoms. The van der Waals surface area contributed by atoms with Gasteiger partial charge in [-0.25, -0.2) is 20.1 Å². The highest BCUT2D eigenvalue weighted by atomic mass is 79.9. The Kier molecular flexibility index (Phi) is 7.24. The van der Waals surface area contributed by atoms with Gasteiger partial charge in [0.2, 0.25) is 6.41 Å². The summed E-state index contributed by atoms with van der Waals surface area (Å²) >= 11 is 15.8. The first kappa shape index (κ1) is 24.2. The number of carbonyl (C=O) groups is 2. The maximum atomic E-state index is 13.3. The van der Waals surface area contributed by atoms with Crippen molar-refractivity contribution in [3.8, 4) is 5.82 Å². The average molecular weight is 540 g/mol. The van der Waals surface area contributed by atoms with Gasteiger partial charge in [0.1, 0.15) is 10.3 Å². The molecule has 0 saturated carbocycles. The molecule has 168 valence electrons. The number of hydrogen-bond donors (Lipinski definition) is 2. The highest BCUT2D eigenvalue weighted by Crippen LogP contribution is 2.33. The molecule has 2 heterocycles. The molecule has 3 rings (SSSR count). The predicted octanol–water partition coefficient (Wildman–Crippen LogP) is 5.16. The van der Waals surface area contributed by atoms with Gasteiger partial charge in [0.15, 0.2) is 5.82 Å². The van der Waals surface area contributed by atoms with Crippen molar-refractivity contribution >= 4 is 62.8 Å². The molecule has 3 aromatic rings. The van der Waals surface area contributed by atoms with E-state index in [4.69, 9.17) is 23.2 Å². The van der Waals surface area contributed by atoms with E-state index in [0.717, 1.165) is 0 Å². The lowest BCUT2D eigenvalue weighted by Crippen LogP contribution is -2.49. The normalized spacial score (nSPS) is 11.3. The molecule has 0 atom stereocenters. The number of aryl methyl sites for hydroxylation is 1. The monoisotopic (exact) mass is 538 g/mol. The van der Waals surface area contributed by atoms with E-state index in [0.29, 0.717) is 43.8 Å². The van der Waals surface area contributed by atoms with Crippen molar-refractivity contribution in [3.63, 3.8) is 0 Å². The van der Waals surface area contributed by atoms with Crippen LogP contribution in [0.4, 0.5) is 11.4 Å². The average Bonchev–Trinajstić information content (AvgIpc) is 3.09. The van der Waals surface area contributed by atoms with Crippen LogP contribution in [0.1, 0.15) is 36.8 Å². The quantitative estimate of drug-likeness (QED) is 0.333. The highest BCUT2D eigenvalue weighted by molar-refractivity contribution is 9.10.